The molecule has 1 N–H and O–H groups in total. The summed E-state index contributed by atoms with van der Waals surface area (Å²) >= 11 is 0. The first-order chi connectivity index (χ1) is 8.75. The molecule has 4 heteroatoms. The number of aromatic nitrogens is 2. The fourth-order valence-electron chi connectivity index (χ4n) is 2.00. The lowest BCUT2D eigenvalue weighted by Crippen LogP contribution is -1.98. The molecule has 3 aromatic rings. The van der Waals surface area contributed by atoms with Gasteiger partial charge in [0, 0.05) is 12.6 Å². The predicted molar refractivity (Wildman–Crippen MR) is 66.1 cm³/mol. The van der Waals surface area contributed by atoms with E-state index in [1.165, 1.54) is 6.07 Å². The first kappa shape index (κ1) is 10.8. The van der Waals surface area contributed by atoms with E-state index in [1.54, 1.807) is 47.1 Å². The van der Waals surface area contributed by atoms with Crippen molar-refractivity contribution in [2.75, 3.05) is 0 Å². The molecule has 2 aromatic heterocycles. The van der Waals surface area contributed by atoms with Crippen molar-refractivity contribution < 1.29 is 9.50 Å². The molecule has 0 spiro atoms. The molecule has 0 aliphatic heterocycles. The van der Waals surface area contributed by atoms with Gasteiger partial charge < -0.3 is 9.51 Å². The van der Waals surface area contributed by atoms with E-state index in [2.05, 4.69) is 4.98 Å². The Bertz CT molecular complexity index is 706. The molecule has 0 amide bonds. The first-order valence-corrected chi connectivity index (χ1v) is 5.63. The minimum Gasteiger partial charge on any atom is -0.506 e. The largest absolute Gasteiger partial charge is 0.506 e. The number of pyridine rings is 1. The van der Waals surface area contributed by atoms with E-state index in [0.29, 0.717) is 23.3 Å². The molecule has 18 heavy (non-hydrogen) atoms. The summed E-state index contributed by atoms with van der Waals surface area (Å²) in [5, 5.41) is 9.67. The van der Waals surface area contributed by atoms with Gasteiger partial charge in [-0.15, -0.1) is 0 Å². The molecule has 90 valence electrons. The van der Waals surface area contributed by atoms with Gasteiger partial charge in [0.2, 0.25) is 0 Å². The standard InChI is InChI=1S/C14H11FN2O/c15-11-5-2-1-4-10(11)8-14-16-9-12-13(18)6-3-7-17(12)14/h1-7,9,18H,8H2. The van der Waals surface area contributed by atoms with Gasteiger partial charge in [-0.05, 0) is 23.8 Å². The van der Waals surface area contributed by atoms with Crippen LogP contribution in [0.2, 0.25) is 0 Å². The monoisotopic (exact) mass is 242 g/mol. The molecule has 0 saturated carbocycles. The Labute approximate surface area is 103 Å². The van der Waals surface area contributed by atoms with E-state index in [-0.39, 0.29) is 11.6 Å². The van der Waals surface area contributed by atoms with E-state index in [9.17, 15) is 9.50 Å². The lowest BCUT2D eigenvalue weighted by Gasteiger charge is -2.03. The van der Waals surface area contributed by atoms with Crippen LogP contribution in [-0.4, -0.2) is 14.5 Å². The number of halogens is 1. The van der Waals surface area contributed by atoms with E-state index < -0.39 is 0 Å². The zero-order chi connectivity index (χ0) is 12.5. The van der Waals surface area contributed by atoms with Crippen LogP contribution in [0.15, 0.2) is 48.8 Å². The molecule has 0 radical (unpaired) electrons. The summed E-state index contributed by atoms with van der Waals surface area (Å²) in [7, 11) is 0. The molecular weight excluding hydrogens is 231 g/mol. The third-order valence-electron chi connectivity index (χ3n) is 2.93. The highest BCUT2D eigenvalue weighted by Gasteiger charge is 2.09. The maximum atomic E-state index is 13.6. The second-order valence-electron chi connectivity index (χ2n) is 4.09. The van der Waals surface area contributed by atoms with Gasteiger partial charge >= 0.3 is 0 Å². The molecule has 0 atom stereocenters. The SMILES string of the molecule is Oc1cccn2c(Cc3ccccc3F)ncc12. The van der Waals surface area contributed by atoms with Crippen molar-refractivity contribution in [3.8, 4) is 5.75 Å². The molecule has 0 aliphatic rings. The quantitative estimate of drug-likeness (QED) is 0.750. The summed E-state index contributed by atoms with van der Waals surface area (Å²) in [5.74, 6) is 0.630. The molecule has 0 fully saturated rings. The summed E-state index contributed by atoms with van der Waals surface area (Å²) in [5.41, 5.74) is 1.22. The minimum absolute atomic E-state index is 0.171. The highest BCUT2D eigenvalue weighted by molar-refractivity contribution is 5.58. The van der Waals surface area contributed by atoms with Gasteiger partial charge in [0.25, 0.3) is 0 Å². The summed E-state index contributed by atoms with van der Waals surface area (Å²) in [6, 6.07) is 9.96. The first-order valence-electron chi connectivity index (χ1n) is 5.63. The van der Waals surface area contributed by atoms with Gasteiger partial charge in [0.1, 0.15) is 22.9 Å². The van der Waals surface area contributed by atoms with Gasteiger partial charge in [-0.25, -0.2) is 9.37 Å². The Balaban J connectivity index is 2.06. The minimum atomic E-state index is -0.241. The van der Waals surface area contributed by atoms with Crippen LogP contribution in [0.4, 0.5) is 4.39 Å². The van der Waals surface area contributed by atoms with Crippen LogP contribution < -0.4 is 0 Å². The summed E-state index contributed by atoms with van der Waals surface area (Å²) in [6.45, 7) is 0. The van der Waals surface area contributed by atoms with E-state index in [1.807, 2.05) is 0 Å². The van der Waals surface area contributed by atoms with Crippen molar-refractivity contribution in [2.24, 2.45) is 0 Å². The molecule has 0 aliphatic carbocycles. The van der Waals surface area contributed by atoms with Crippen molar-refractivity contribution in [1.82, 2.24) is 9.38 Å². The lowest BCUT2D eigenvalue weighted by molar-refractivity contribution is 0.479. The van der Waals surface area contributed by atoms with E-state index in [4.69, 9.17) is 0 Å². The topological polar surface area (TPSA) is 37.5 Å². The van der Waals surface area contributed by atoms with Crippen LogP contribution in [0, 0.1) is 5.82 Å². The van der Waals surface area contributed by atoms with Crippen LogP contribution in [0.3, 0.4) is 0 Å². The van der Waals surface area contributed by atoms with Crippen LogP contribution >= 0.6 is 0 Å². The maximum absolute atomic E-state index is 13.6. The number of aromatic hydroxyl groups is 1. The molecule has 0 bridgehead atoms. The molecule has 3 nitrogen and oxygen atoms in total. The van der Waals surface area contributed by atoms with E-state index >= 15 is 0 Å². The molecule has 3 rings (SSSR count). The normalized spacial score (nSPS) is 10.9. The Hall–Kier alpha value is -2.36. The molecular formula is C14H11FN2O. The Kier molecular flexibility index (Phi) is 2.48. The average molecular weight is 242 g/mol. The molecule has 1 aromatic carbocycles. The smallest absolute Gasteiger partial charge is 0.141 e. The molecule has 0 saturated heterocycles. The van der Waals surface area contributed by atoms with Crippen molar-refractivity contribution >= 4 is 5.52 Å². The van der Waals surface area contributed by atoms with Crippen molar-refractivity contribution in [1.29, 1.82) is 0 Å². The van der Waals surface area contributed by atoms with Crippen LogP contribution in [0.25, 0.3) is 5.52 Å². The zero-order valence-corrected chi connectivity index (χ0v) is 9.55. The summed E-state index contributed by atoms with van der Waals surface area (Å²) in [4.78, 5) is 4.23. The van der Waals surface area contributed by atoms with Gasteiger partial charge in [0.15, 0.2) is 0 Å². The fourth-order valence-corrected chi connectivity index (χ4v) is 2.00. The van der Waals surface area contributed by atoms with E-state index in [0.717, 1.165) is 0 Å². The second kappa shape index (κ2) is 4.14. The van der Waals surface area contributed by atoms with Crippen LogP contribution in [0.1, 0.15) is 11.4 Å². The average Bonchev–Trinajstić information content (AvgIpc) is 2.77. The maximum Gasteiger partial charge on any atom is 0.141 e. The van der Waals surface area contributed by atoms with Gasteiger partial charge in [-0.3, -0.25) is 0 Å². The number of hydrogen-bond donors (Lipinski definition) is 1. The number of fused-ring (bicyclic) bond motifs is 1. The summed E-state index contributed by atoms with van der Waals surface area (Å²) in [6.07, 6.45) is 3.79. The lowest BCUT2D eigenvalue weighted by atomic mass is 10.1. The molecule has 0 unspecified atom stereocenters. The Morgan fingerprint density at radius 3 is 2.83 bits per heavy atom. The highest BCUT2D eigenvalue weighted by atomic mass is 19.1. The van der Waals surface area contributed by atoms with Crippen molar-refractivity contribution in [2.45, 2.75) is 6.42 Å². The number of benzene rings is 1. The zero-order valence-electron chi connectivity index (χ0n) is 9.55. The number of nitrogens with zero attached hydrogens (tertiary/aromatic N) is 2. The summed E-state index contributed by atoms with van der Waals surface area (Å²) < 4.78 is 15.3. The second-order valence-corrected chi connectivity index (χ2v) is 4.09. The number of imidazole rings is 1. The fraction of sp³-hybridized carbons (Fsp3) is 0.0714. The van der Waals surface area contributed by atoms with Crippen molar-refractivity contribution in [3.05, 3.63) is 66.0 Å². The third-order valence-corrected chi connectivity index (χ3v) is 2.93. The predicted octanol–water partition coefficient (Wildman–Crippen LogP) is 2.77. The van der Waals surface area contributed by atoms with Gasteiger partial charge in [0.05, 0.1) is 6.20 Å². The number of rotatable bonds is 2. The Morgan fingerprint density at radius 1 is 1.17 bits per heavy atom. The highest BCUT2D eigenvalue weighted by Crippen LogP contribution is 2.20. The van der Waals surface area contributed by atoms with Gasteiger partial charge in [-0.2, -0.15) is 0 Å². The van der Waals surface area contributed by atoms with Crippen LogP contribution in [-0.2, 0) is 6.42 Å². The molecule has 2 heterocycles. The van der Waals surface area contributed by atoms with Crippen LogP contribution in [0.5, 0.6) is 5.75 Å². The number of hydrogen-bond acceptors (Lipinski definition) is 2. The van der Waals surface area contributed by atoms with Crippen molar-refractivity contribution in [3.63, 3.8) is 0 Å². The Morgan fingerprint density at radius 2 is 2.00 bits per heavy atom. The third kappa shape index (κ3) is 1.72. The van der Waals surface area contributed by atoms with Gasteiger partial charge in [-0.1, -0.05) is 18.2 Å².